The number of likely N-dealkylation sites (tertiary alicyclic amines) is 1. The SMILES string of the molecule is CCN(CC)C(=O)N1CCC[C@H](C(=O)Nc2ccccn2)C1. The maximum absolute atomic E-state index is 12.4. The van der Waals surface area contributed by atoms with Crippen LogP contribution in [0.5, 0.6) is 0 Å². The Kier molecular flexibility index (Phi) is 5.75. The highest BCUT2D eigenvalue weighted by Crippen LogP contribution is 2.19. The molecule has 0 radical (unpaired) electrons. The number of piperidine rings is 1. The zero-order valence-corrected chi connectivity index (χ0v) is 13.3. The number of hydrogen-bond acceptors (Lipinski definition) is 3. The van der Waals surface area contributed by atoms with Crippen LogP contribution in [0.4, 0.5) is 10.6 Å². The Morgan fingerprint density at radius 3 is 2.77 bits per heavy atom. The number of nitrogens with zero attached hydrogens (tertiary/aromatic N) is 3. The van der Waals surface area contributed by atoms with E-state index in [2.05, 4.69) is 10.3 Å². The van der Waals surface area contributed by atoms with Crippen molar-refractivity contribution in [2.45, 2.75) is 26.7 Å². The molecule has 0 saturated carbocycles. The van der Waals surface area contributed by atoms with Crippen molar-refractivity contribution in [2.24, 2.45) is 5.92 Å². The molecule has 1 aliphatic heterocycles. The molecule has 0 bridgehead atoms. The first-order valence-corrected chi connectivity index (χ1v) is 7.91. The van der Waals surface area contributed by atoms with Gasteiger partial charge in [-0.3, -0.25) is 4.79 Å². The van der Waals surface area contributed by atoms with Crippen molar-refractivity contribution in [1.29, 1.82) is 0 Å². The van der Waals surface area contributed by atoms with Crippen molar-refractivity contribution in [3.63, 3.8) is 0 Å². The summed E-state index contributed by atoms with van der Waals surface area (Å²) in [5, 5.41) is 2.83. The molecule has 1 saturated heterocycles. The number of aromatic nitrogens is 1. The van der Waals surface area contributed by atoms with Crippen LogP contribution < -0.4 is 5.32 Å². The Bertz CT molecular complexity index is 502. The summed E-state index contributed by atoms with van der Waals surface area (Å²) in [6, 6.07) is 5.43. The minimum atomic E-state index is -0.171. The lowest BCUT2D eigenvalue weighted by Crippen LogP contribution is -2.49. The fourth-order valence-electron chi connectivity index (χ4n) is 2.72. The van der Waals surface area contributed by atoms with Gasteiger partial charge in [0.05, 0.1) is 5.92 Å². The number of nitrogens with one attached hydrogen (secondary N) is 1. The fraction of sp³-hybridized carbons (Fsp3) is 0.562. The van der Waals surface area contributed by atoms with E-state index in [4.69, 9.17) is 0 Å². The smallest absolute Gasteiger partial charge is 0.320 e. The van der Waals surface area contributed by atoms with Gasteiger partial charge in [0.25, 0.3) is 0 Å². The Labute approximate surface area is 131 Å². The second-order valence-corrected chi connectivity index (χ2v) is 5.44. The van der Waals surface area contributed by atoms with Gasteiger partial charge >= 0.3 is 6.03 Å². The van der Waals surface area contributed by atoms with Crippen LogP contribution in [-0.2, 0) is 4.79 Å². The van der Waals surface area contributed by atoms with Crippen molar-refractivity contribution >= 4 is 17.8 Å². The van der Waals surface area contributed by atoms with Crippen molar-refractivity contribution in [3.05, 3.63) is 24.4 Å². The third-order valence-electron chi connectivity index (χ3n) is 4.01. The summed E-state index contributed by atoms with van der Waals surface area (Å²) in [7, 11) is 0. The molecule has 1 N–H and O–H groups in total. The number of amides is 3. The minimum Gasteiger partial charge on any atom is -0.325 e. The molecule has 0 spiro atoms. The number of carbonyl (C=O) groups is 2. The normalized spacial score (nSPS) is 17.9. The van der Waals surface area contributed by atoms with Crippen LogP contribution in [0.3, 0.4) is 0 Å². The average molecular weight is 304 g/mol. The molecule has 2 rings (SSSR count). The summed E-state index contributed by atoms with van der Waals surface area (Å²) in [4.78, 5) is 32.4. The molecule has 1 aromatic rings. The second-order valence-electron chi connectivity index (χ2n) is 5.44. The third-order valence-corrected chi connectivity index (χ3v) is 4.01. The molecule has 1 atom stereocenters. The zero-order valence-electron chi connectivity index (χ0n) is 13.3. The standard InChI is InChI=1S/C16H24N4O2/c1-3-19(4-2)16(22)20-11-7-8-13(12-20)15(21)18-14-9-5-6-10-17-14/h5-6,9-10,13H,3-4,7-8,11-12H2,1-2H3,(H,17,18,21)/t13-/m0/s1. The van der Waals surface area contributed by atoms with Gasteiger partial charge in [0.15, 0.2) is 0 Å². The van der Waals surface area contributed by atoms with Gasteiger partial charge in [-0.05, 0) is 38.8 Å². The molecule has 6 nitrogen and oxygen atoms in total. The number of hydrogen-bond donors (Lipinski definition) is 1. The summed E-state index contributed by atoms with van der Waals surface area (Å²) < 4.78 is 0. The van der Waals surface area contributed by atoms with Crippen LogP contribution in [-0.4, -0.2) is 52.9 Å². The Morgan fingerprint density at radius 2 is 2.14 bits per heavy atom. The Morgan fingerprint density at radius 1 is 1.36 bits per heavy atom. The molecule has 3 amide bonds. The highest BCUT2D eigenvalue weighted by molar-refractivity contribution is 5.92. The van der Waals surface area contributed by atoms with E-state index in [1.165, 1.54) is 0 Å². The van der Waals surface area contributed by atoms with Gasteiger partial charge in [-0.2, -0.15) is 0 Å². The summed E-state index contributed by atoms with van der Waals surface area (Å²) in [5.41, 5.74) is 0. The van der Waals surface area contributed by atoms with Crippen LogP contribution >= 0.6 is 0 Å². The Hall–Kier alpha value is -2.11. The second kappa shape index (κ2) is 7.77. The molecule has 0 aromatic carbocycles. The molecule has 2 heterocycles. The maximum atomic E-state index is 12.4. The fourth-order valence-corrected chi connectivity index (χ4v) is 2.72. The predicted octanol–water partition coefficient (Wildman–Crippen LogP) is 2.19. The lowest BCUT2D eigenvalue weighted by Gasteiger charge is -2.35. The first kappa shape index (κ1) is 16.3. The first-order chi connectivity index (χ1) is 10.7. The molecule has 1 aromatic heterocycles. The van der Waals surface area contributed by atoms with Crippen molar-refractivity contribution in [2.75, 3.05) is 31.5 Å². The summed E-state index contributed by atoms with van der Waals surface area (Å²) >= 11 is 0. The van der Waals surface area contributed by atoms with Crippen molar-refractivity contribution in [1.82, 2.24) is 14.8 Å². The topological polar surface area (TPSA) is 65.5 Å². The molecule has 0 unspecified atom stereocenters. The highest BCUT2D eigenvalue weighted by Gasteiger charge is 2.30. The summed E-state index contributed by atoms with van der Waals surface area (Å²) in [6.45, 7) is 6.52. The molecule has 1 aliphatic rings. The first-order valence-electron chi connectivity index (χ1n) is 7.91. The monoisotopic (exact) mass is 304 g/mol. The van der Waals surface area contributed by atoms with Gasteiger partial charge in [-0.15, -0.1) is 0 Å². The van der Waals surface area contributed by atoms with Crippen LogP contribution in [0.25, 0.3) is 0 Å². The van der Waals surface area contributed by atoms with E-state index in [1.54, 1.807) is 28.1 Å². The zero-order chi connectivity index (χ0) is 15.9. The molecule has 22 heavy (non-hydrogen) atoms. The number of rotatable bonds is 4. The van der Waals surface area contributed by atoms with E-state index in [9.17, 15) is 9.59 Å². The quantitative estimate of drug-likeness (QED) is 0.927. The number of pyridine rings is 1. The lowest BCUT2D eigenvalue weighted by atomic mass is 9.97. The van der Waals surface area contributed by atoms with Crippen LogP contribution in [0.15, 0.2) is 24.4 Å². The summed E-state index contributed by atoms with van der Waals surface area (Å²) in [6.07, 6.45) is 3.31. The van der Waals surface area contributed by atoms with E-state index >= 15 is 0 Å². The molecule has 1 fully saturated rings. The number of anilines is 1. The van der Waals surface area contributed by atoms with Crippen molar-refractivity contribution < 1.29 is 9.59 Å². The van der Waals surface area contributed by atoms with E-state index < -0.39 is 0 Å². The van der Waals surface area contributed by atoms with Crippen LogP contribution in [0, 0.1) is 5.92 Å². The largest absolute Gasteiger partial charge is 0.325 e. The molecule has 6 heteroatoms. The van der Waals surface area contributed by atoms with Gasteiger partial charge in [-0.1, -0.05) is 6.07 Å². The molecule has 120 valence electrons. The van der Waals surface area contributed by atoms with Crippen LogP contribution in [0.1, 0.15) is 26.7 Å². The van der Waals surface area contributed by atoms with Gasteiger partial charge in [0, 0.05) is 32.4 Å². The Balaban J connectivity index is 1.95. The lowest BCUT2D eigenvalue weighted by molar-refractivity contribution is -0.121. The van der Waals surface area contributed by atoms with E-state index in [1.807, 2.05) is 19.9 Å². The third kappa shape index (κ3) is 3.96. The van der Waals surface area contributed by atoms with E-state index in [-0.39, 0.29) is 17.9 Å². The van der Waals surface area contributed by atoms with Crippen molar-refractivity contribution in [3.8, 4) is 0 Å². The molecular weight excluding hydrogens is 280 g/mol. The molecule has 0 aliphatic carbocycles. The number of urea groups is 1. The maximum Gasteiger partial charge on any atom is 0.320 e. The van der Waals surface area contributed by atoms with Crippen LogP contribution in [0.2, 0.25) is 0 Å². The highest BCUT2D eigenvalue weighted by atomic mass is 16.2. The summed E-state index contributed by atoms with van der Waals surface area (Å²) in [5.74, 6) is 0.325. The van der Waals surface area contributed by atoms with Gasteiger partial charge in [0.2, 0.25) is 5.91 Å². The predicted molar refractivity (Wildman–Crippen MR) is 85.5 cm³/mol. The van der Waals surface area contributed by atoms with E-state index in [0.29, 0.717) is 25.5 Å². The van der Waals surface area contributed by atoms with Gasteiger partial charge in [0.1, 0.15) is 5.82 Å². The van der Waals surface area contributed by atoms with Gasteiger partial charge < -0.3 is 15.1 Å². The number of carbonyl (C=O) groups excluding carboxylic acids is 2. The minimum absolute atomic E-state index is 0.0281. The molecular formula is C16H24N4O2. The average Bonchev–Trinajstić information content (AvgIpc) is 2.57. The van der Waals surface area contributed by atoms with Gasteiger partial charge in [-0.25, -0.2) is 9.78 Å². The van der Waals surface area contributed by atoms with E-state index in [0.717, 1.165) is 19.4 Å².